The van der Waals surface area contributed by atoms with Gasteiger partial charge in [-0.2, -0.15) is 0 Å². The molecular weight excluding hydrogens is 232 g/mol. The van der Waals surface area contributed by atoms with Crippen LogP contribution in [0.15, 0.2) is 24.3 Å². The van der Waals surface area contributed by atoms with Crippen molar-refractivity contribution in [3.63, 3.8) is 0 Å². The van der Waals surface area contributed by atoms with Crippen molar-refractivity contribution in [3.8, 4) is 0 Å². The Morgan fingerprint density at radius 3 is 2.82 bits per heavy atom. The normalized spacial score (nSPS) is 19.9. The fourth-order valence-corrected chi connectivity index (χ4v) is 2.70. The quantitative estimate of drug-likeness (QED) is 0.871. The van der Waals surface area contributed by atoms with Gasteiger partial charge >= 0.3 is 0 Å². The number of anilines is 1. The average Bonchev–Trinajstić information content (AvgIpc) is 2.46. The molecule has 0 unspecified atom stereocenters. The minimum absolute atomic E-state index is 0. The molecule has 1 heterocycles. The van der Waals surface area contributed by atoms with E-state index < -0.39 is 0 Å². The van der Waals surface area contributed by atoms with E-state index in [0.717, 1.165) is 25.6 Å². The molecule has 0 spiro atoms. The van der Waals surface area contributed by atoms with Crippen LogP contribution in [0.4, 0.5) is 5.69 Å². The third-order valence-electron chi connectivity index (χ3n) is 3.91. The number of para-hydroxylation sites is 1. The molecule has 1 N–H and O–H groups in total. The molecule has 3 heteroatoms. The molecule has 0 saturated heterocycles. The van der Waals surface area contributed by atoms with Gasteiger partial charge in [-0.05, 0) is 30.4 Å². The van der Waals surface area contributed by atoms with Crippen molar-refractivity contribution in [2.45, 2.75) is 25.8 Å². The minimum atomic E-state index is 0. The van der Waals surface area contributed by atoms with Crippen LogP contribution in [0.1, 0.15) is 24.8 Å². The van der Waals surface area contributed by atoms with Crippen molar-refractivity contribution in [3.05, 3.63) is 29.8 Å². The van der Waals surface area contributed by atoms with E-state index >= 15 is 0 Å². The number of rotatable bonds is 2. The van der Waals surface area contributed by atoms with E-state index in [4.69, 9.17) is 0 Å². The lowest BCUT2D eigenvalue weighted by Gasteiger charge is -2.33. The Hall–Kier alpha value is -0.730. The molecule has 3 rings (SSSR count). The molecule has 0 atom stereocenters. The summed E-state index contributed by atoms with van der Waals surface area (Å²) in [6.45, 7) is 4.56. The summed E-state index contributed by atoms with van der Waals surface area (Å²) < 4.78 is 0. The summed E-state index contributed by atoms with van der Waals surface area (Å²) in [6.07, 6.45) is 4.32. The molecule has 1 fully saturated rings. The van der Waals surface area contributed by atoms with Crippen LogP contribution in [0.25, 0.3) is 0 Å². The number of nitrogens with one attached hydrogen (secondary N) is 1. The van der Waals surface area contributed by atoms with Crippen LogP contribution in [0, 0.1) is 5.92 Å². The summed E-state index contributed by atoms with van der Waals surface area (Å²) in [4.78, 5) is 2.58. The molecule has 17 heavy (non-hydrogen) atoms. The highest BCUT2D eigenvalue weighted by Gasteiger charge is 2.22. The fourth-order valence-electron chi connectivity index (χ4n) is 2.70. The van der Waals surface area contributed by atoms with E-state index in [1.807, 2.05) is 0 Å². The van der Waals surface area contributed by atoms with Gasteiger partial charge < -0.3 is 10.2 Å². The van der Waals surface area contributed by atoms with E-state index in [1.54, 1.807) is 0 Å². The van der Waals surface area contributed by atoms with Crippen LogP contribution < -0.4 is 10.2 Å². The van der Waals surface area contributed by atoms with E-state index in [1.165, 1.54) is 37.1 Å². The van der Waals surface area contributed by atoms with Crippen molar-refractivity contribution in [2.75, 3.05) is 24.5 Å². The highest BCUT2D eigenvalue weighted by molar-refractivity contribution is 5.85. The minimum Gasteiger partial charge on any atom is -0.370 e. The lowest BCUT2D eigenvalue weighted by Crippen LogP contribution is -2.35. The van der Waals surface area contributed by atoms with E-state index in [2.05, 4.69) is 34.5 Å². The second kappa shape index (κ2) is 5.74. The molecule has 1 saturated carbocycles. The van der Waals surface area contributed by atoms with Gasteiger partial charge in [-0.25, -0.2) is 0 Å². The molecule has 0 radical (unpaired) electrons. The van der Waals surface area contributed by atoms with Crippen LogP contribution in [0.3, 0.4) is 0 Å². The molecule has 1 aromatic rings. The topological polar surface area (TPSA) is 15.3 Å². The molecule has 0 bridgehead atoms. The van der Waals surface area contributed by atoms with Crippen molar-refractivity contribution in [2.24, 2.45) is 5.92 Å². The number of fused-ring (bicyclic) bond motifs is 1. The first-order chi connectivity index (χ1) is 7.93. The van der Waals surface area contributed by atoms with Crippen LogP contribution in [-0.4, -0.2) is 19.6 Å². The summed E-state index contributed by atoms with van der Waals surface area (Å²) in [5.41, 5.74) is 2.92. The van der Waals surface area contributed by atoms with Crippen molar-refractivity contribution in [1.82, 2.24) is 5.32 Å². The first kappa shape index (κ1) is 12.7. The largest absolute Gasteiger partial charge is 0.370 e. The lowest BCUT2D eigenvalue weighted by atomic mass is 9.85. The maximum atomic E-state index is 3.50. The molecule has 2 aliphatic rings. The molecular formula is C14H21ClN2. The van der Waals surface area contributed by atoms with Crippen LogP contribution in [-0.2, 0) is 6.54 Å². The zero-order chi connectivity index (χ0) is 10.8. The first-order valence-corrected chi connectivity index (χ1v) is 6.47. The number of hydrogen-bond donors (Lipinski definition) is 1. The Morgan fingerprint density at radius 2 is 2.06 bits per heavy atom. The van der Waals surface area contributed by atoms with Crippen molar-refractivity contribution >= 4 is 18.1 Å². The van der Waals surface area contributed by atoms with Gasteiger partial charge in [0.1, 0.15) is 0 Å². The summed E-state index contributed by atoms with van der Waals surface area (Å²) in [5, 5.41) is 3.50. The van der Waals surface area contributed by atoms with Gasteiger partial charge in [0.2, 0.25) is 0 Å². The van der Waals surface area contributed by atoms with Gasteiger partial charge in [-0.1, -0.05) is 24.6 Å². The molecule has 0 aromatic heterocycles. The summed E-state index contributed by atoms with van der Waals surface area (Å²) in [7, 11) is 0. The van der Waals surface area contributed by atoms with E-state index in [0.29, 0.717) is 0 Å². The Morgan fingerprint density at radius 1 is 1.24 bits per heavy atom. The Kier molecular flexibility index (Phi) is 4.30. The van der Waals surface area contributed by atoms with E-state index in [9.17, 15) is 0 Å². The SMILES string of the molecule is Cl.c1ccc2c(c1)CNCCN2CC1CCC1. The predicted octanol–water partition coefficient (Wildman–Crippen LogP) is 2.82. The monoisotopic (exact) mass is 252 g/mol. The second-order valence-corrected chi connectivity index (χ2v) is 5.05. The van der Waals surface area contributed by atoms with Gasteiger partial charge in [-0.15, -0.1) is 12.4 Å². The van der Waals surface area contributed by atoms with Crippen molar-refractivity contribution < 1.29 is 0 Å². The smallest absolute Gasteiger partial charge is 0.0412 e. The molecule has 1 aliphatic carbocycles. The standard InChI is InChI=1S/C14H20N2.ClH/c1-2-7-14-13(6-1)10-15-8-9-16(14)11-12-4-3-5-12;/h1-2,6-7,12,15H,3-5,8-11H2;1H. The Bertz CT molecular complexity index is 363. The summed E-state index contributed by atoms with van der Waals surface area (Å²) >= 11 is 0. The molecule has 94 valence electrons. The predicted molar refractivity (Wildman–Crippen MR) is 75.0 cm³/mol. The first-order valence-electron chi connectivity index (χ1n) is 6.47. The van der Waals surface area contributed by atoms with Crippen molar-refractivity contribution in [1.29, 1.82) is 0 Å². The number of halogens is 1. The van der Waals surface area contributed by atoms with Gasteiger partial charge in [0.05, 0.1) is 0 Å². The number of benzene rings is 1. The molecule has 1 aromatic carbocycles. The zero-order valence-electron chi connectivity index (χ0n) is 10.2. The van der Waals surface area contributed by atoms with Gasteiger partial charge in [0.15, 0.2) is 0 Å². The molecule has 2 nitrogen and oxygen atoms in total. The van der Waals surface area contributed by atoms with Crippen LogP contribution in [0.5, 0.6) is 0 Å². The molecule has 1 aliphatic heterocycles. The summed E-state index contributed by atoms with van der Waals surface area (Å²) in [5.74, 6) is 0.950. The van der Waals surface area contributed by atoms with Gasteiger partial charge in [0.25, 0.3) is 0 Å². The second-order valence-electron chi connectivity index (χ2n) is 5.05. The summed E-state index contributed by atoms with van der Waals surface area (Å²) in [6, 6.07) is 8.84. The fraction of sp³-hybridized carbons (Fsp3) is 0.571. The van der Waals surface area contributed by atoms with E-state index in [-0.39, 0.29) is 12.4 Å². The molecule has 0 amide bonds. The average molecular weight is 253 g/mol. The van der Waals surface area contributed by atoms with Gasteiger partial charge in [0, 0.05) is 31.9 Å². The van der Waals surface area contributed by atoms with Crippen LogP contribution in [0.2, 0.25) is 0 Å². The number of nitrogens with zero attached hydrogens (tertiary/aromatic N) is 1. The van der Waals surface area contributed by atoms with Crippen LogP contribution >= 0.6 is 12.4 Å². The third-order valence-corrected chi connectivity index (χ3v) is 3.91. The third kappa shape index (κ3) is 2.75. The Balaban J connectivity index is 0.00000108. The maximum absolute atomic E-state index is 3.50. The maximum Gasteiger partial charge on any atom is 0.0412 e. The Labute approximate surface area is 110 Å². The highest BCUT2D eigenvalue weighted by atomic mass is 35.5. The number of hydrogen-bond acceptors (Lipinski definition) is 2. The highest BCUT2D eigenvalue weighted by Crippen LogP contribution is 2.30. The zero-order valence-corrected chi connectivity index (χ0v) is 11.0. The lowest BCUT2D eigenvalue weighted by molar-refractivity contribution is 0.318. The van der Waals surface area contributed by atoms with Gasteiger partial charge in [-0.3, -0.25) is 0 Å².